The van der Waals surface area contributed by atoms with Crippen LogP contribution in [0.25, 0.3) is 0 Å². The number of nitrogens with one attached hydrogen (secondary N) is 1. The van der Waals surface area contributed by atoms with Crippen molar-refractivity contribution < 1.29 is 8.78 Å². The average molecular weight is 194 g/mol. The molecule has 1 aromatic rings. The molecule has 0 fully saturated rings. The molecule has 0 aromatic carbocycles. The van der Waals surface area contributed by atoms with Gasteiger partial charge in [-0.15, -0.1) is 12.4 Å². The summed E-state index contributed by atoms with van der Waals surface area (Å²) in [5.74, 6) is -2.22. The number of amidine groups is 1. The summed E-state index contributed by atoms with van der Waals surface area (Å²) in [6.45, 7) is 0. The van der Waals surface area contributed by atoms with Crippen molar-refractivity contribution in [2.45, 2.75) is 0 Å². The Labute approximate surface area is 73.5 Å². The Morgan fingerprint density at radius 2 is 2.00 bits per heavy atom. The van der Waals surface area contributed by atoms with E-state index in [1.54, 1.807) is 0 Å². The third kappa shape index (κ3) is 2.13. The Balaban J connectivity index is 0.00000121. The minimum absolute atomic E-state index is 0. The fraction of sp³-hybridized carbons (Fsp3) is 0. The van der Waals surface area contributed by atoms with Crippen LogP contribution in [0.1, 0.15) is 5.69 Å². The van der Waals surface area contributed by atoms with Crippen molar-refractivity contribution in [2.24, 2.45) is 5.73 Å². The molecule has 0 radical (unpaired) electrons. The van der Waals surface area contributed by atoms with E-state index in [-0.39, 0.29) is 12.4 Å². The summed E-state index contributed by atoms with van der Waals surface area (Å²) in [5.41, 5.74) is 4.44. The lowest BCUT2D eigenvalue weighted by atomic mass is 10.3. The fourth-order valence-corrected chi connectivity index (χ4v) is 0.607. The quantitative estimate of drug-likeness (QED) is 0.398. The Hall–Kier alpha value is -1.23. The van der Waals surface area contributed by atoms with E-state index in [2.05, 4.69) is 4.98 Å². The van der Waals surface area contributed by atoms with Gasteiger partial charge in [-0.1, -0.05) is 0 Å². The van der Waals surface area contributed by atoms with Gasteiger partial charge >= 0.3 is 0 Å². The highest BCUT2D eigenvalue weighted by Crippen LogP contribution is 2.03. The second kappa shape index (κ2) is 3.96. The third-order valence-corrected chi connectivity index (χ3v) is 1.07. The van der Waals surface area contributed by atoms with Gasteiger partial charge in [-0.3, -0.25) is 5.41 Å². The van der Waals surface area contributed by atoms with Gasteiger partial charge in [0.1, 0.15) is 11.5 Å². The van der Waals surface area contributed by atoms with Crippen LogP contribution in [0.2, 0.25) is 0 Å². The minimum atomic E-state index is -0.850. The summed E-state index contributed by atoms with van der Waals surface area (Å²) >= 11 is 0. The summed E-state index contributed by atoms with van der Waals surface area (Å²) in [4.78, 5) is 3.08. The third-order valence-electron chi connectivity index (χ3n) is 1.07. The van der Waals surface area contributed by atoms with Crippen molar-refractivity contribution in [3.8, 4) is 0 Å². The molecule has 1 heterocycles. The van der Waals surface area contributed by atoms with Crippen molar-refractivity contribution >= 4 is 18.2 Å². The fourth-order valence-electron chi connectivity index (χ4n) is 0.607. The van der Waals surface area contributed by atoms with Crippen LogP contribution in [-0.2, 0) is 0 Å². The van der Waals surface area contributed by atoms with Crippen molar-refractivity contribution in [3.05, 3.63) is 29.6 Å². The van der Waals surface area contributed by atoms with Crippen LogP contribution in [0, 0.1) is 17.2 Å². The Kier molecular flexibility index (Phi) is 3.56. The number of rotatable bonds is 1. The number of pyridine rings is 1. The number of aromatic nitrogens is 1. The highest BCUT2D eigenvalue weighted by atomic mass is 35.5. The van der Waals surface area contributed by atoms with Crippen LogP contribution in [0.15, 0.2) is 12.1 Å². The van der Waals surface area contributed by atoms with Gasteiger partial charge in [-0.2, -0.15) is 4.39 Å². The monoisotopic (exact) mass is 193 g/mol. The summed E-state index contributed by atoms with van der Waals surface area (Å²) in [5, 5.41) is 6.78. The first kappa shape index (κ1) is 10.8. The lowest BCUT2D eigenvalue weighted by Gasteiger charge is -1.97. The predicted octanol–water partition coefficient (Wildman–Crippen LogP) is 1.07. The molecule has 0 aliphatic rings. The van der Waals surface area contributed by atoms with E-state index in [0.717, 1.165) is 12.1 Å². The van der Waals surface area contributed by atoms with Gasteiger partial charge in [0, 0.05) is 0 Å². The summed E-state index contributed by atoms with van der Waals surface area (Å²) in [7, 11) is 0. The van der Waals surface area contributed by atoms with Gasteiger partial charge in [0.2, 0.25) is 5.95 Å². The van der Waals surface area contributed by atoms with Gasteiger partial charge in [-0.05, 0) is 12.1 Å². The lowest BCUT2D eigenvalue weighted by Crippen LogP contribution is -2.15. The number of hydrogen-bond donors (Lipinski definition) is 2. The predicted molar refractivity (Wildman–Crippen MR) is 42.4 cm³/mol. The molecule has 0 atom stereocenters. The summed E-state index contributed by atoms with van der Waals surface area (Å²) in [6.07, 6.45) is 0. The highest BCUT2D eigenvalue weighted by molar-refractivity contribution is 5.93. The van der Waals surface area contributed by atoms with Gasteiger partial charge in [0.05, 0.1) is 0 Å². The largest absolute Gasteiger partial charge is 0.382 e. The number of nitrogens with zero attached hydrogens (tertiary/aromatic N) is 1. The molecule has 3 N–H and O–H groups in total. The topological polar surface area (TPSA) is 62.8 Å². The zero-order chi connectivity index (χ0) is 8.43. The van der Waals surface area contributed by atoms with Crippen LogP contribution >= 0.6 is 12.4 Å². The second-order valence-corrected chi connectivity index (χ2v) is 1.88. The van der Waals surface area contributed by atoms with Gasteiger partial charge in [0.15, 0.2) is 5.82 Å². The summed E-state index contributed by atoms with van der Waals surface area (Å²) in [6, 6.07) is 1.74. The van der Waals surface area contributed by atoms with E-state index in [1.165, 1.54) is 0 Å². The maximum absolute atomic E-state index is 12.6. The molecule has 0 aliphatic heterocycles. The molecule has 1 aromatic heterocycles. The van der Waals surface area contributed by atoms with Gasteiger partial charge in [-0.25, -0.2) is 9.37 Å². The average Bonchev–Trinajstić information content (AvgIpc) is 1.94. The molecule has 6 heteroatoms. The smallest absolute Gasteiger partial charge is 0.213 e. The number of nitrogen functional groups attached to an aromatic ring is 1. The van der Waals surface area contributed by atoms with E-state index in [1.807, 2.05) is 0 Å². The van der Waals surface area contributed by atoms with Crippen LogP contribution in [-0.4, -0.2) is 10.8 Å². The molecular weight excluding hydrogens is 188 g/mol. The van der Waals surface area contributed by atoms with E-state index in [0.29, 0.717) is 0 Å². The van der Waals surface area contributed by atoms with Crippen LogP contribution in [0.3, 0.4) is 0 Å². The normalized spacial score (nSPS) is 8.83. The van der Waals surface area contributed by atoms with E-state index < -0.39 is 23.3 Å². The van der Waals surface area contributed by atoms with E-state index in [4.69, 9.17) is 11.1 Å². The zero-order valence-electron chi connectivity index (χ0n) is 5.84. The van der Waals surface area contributed by atoms with Gasteiger partial charge < -0.3 is 5.73 Å². The molecule has 0 unspecified atom stereocenters. The Morgan fingerprint density at radius 1 is 1.42 bits per heavy atom. The second-order valence-electron chi connectivity index (χ2n) is 1.88. The van der Waals surface area contributed by atoms with Crippen molar-refractivity contribution in [2.75, 3.05) is 0 Å². The zero-order valence-corrected chi connectivity index (χ0v) is 6.66. The van der Waals surface area contributed by atoms with Crippen LogP contribution in [0.5, 0.6) is 0 Å². The van der Waals surface area contributed by atoms with Crippen molar-refractivity contribution in [1.29, 1.82) is 5.41 Å². The molecule has 12 heavy (non-hydrogen) atoms. The van der Waals surface area contributed by atoms with Gasteiger partial charge in [0.25, 0.3) is 0 Å². The maximum Gasteiger partial charge on any atom is 0.213 e. The molecule has 0 amide bonds. The molecule has 0 spiro atoms. The lowest BCUT2D eigenvalue weighted by molar-refractivity contribution is 0.557. The van der Waals surface area contributed by atoms with Crippen molar-refractivity contribution in [3.63, 3.8) is 0 Å². The first-order valence-electron chi connectivity index (χ1n) is 2.77. The molecule has 0 saturated carbocycles. The first-order valence-corrected chi connectivity index (χ1v) is 2.77. The maximum atomic E-state index is 12.6. The Morgan fingerprint density at radius 3 is 2.42 bits per heavy atom. The van der Waals surface area contributed by atoms with Crippen molar-refractivity contribution in [1.82, 2.24) is 4.98 Å². The Bertz CT molecular complexity index is 303. The standard InChI is InChI=1S/C6H5F2N3.ClH/c7-3-1-2-4(8)11-5(3)6(9)10;/h1-2H,(H3,9,10);1H. The molecule has 0 bridgehead atoms. The molecule has 0 aliphatic carbocycles. The molecule has 66 valence electrons. The van der Waals surface area contributed by atoms with E-state index in [9.17, 15) is 8.78 Å². The highest BCUT2D eigenvalue weighted by Gasteiger charge is 2.07. The summed E-state index contributed by atoms with van der Waals surface area (Å²) < 4.78 is 24.8. The number of nitrogens with two attached hydrogens (primary N) is 1. The van der Waals surface area contributed by atoms with Crippen LogP contribution in [0.4, 0.5) is 8.78 Å². The number of halogens is 3. The molecular formula is C6H6ClF2N3. The van der Waals surface area contributed by atoms with Crippen LogP contribution < -0.4 is 5.73 Å². The minimum Gasteiger partial charge on any atom is -0.382 e. The first-order chi connectivity index (χ1) is 5.11. The number of hydrogen-bond acceptors (Lipinski definition) is 2. The molecule has 0 saturated heterocycles. The SMILES string of the molecule is Cl.N=C(N)c1nc(F)ccc1F. The molecule has 3 nitrogen and oxygen atoms in total. The van der Waals surface area contributed by atoms with E-state index >= 15 is 0 Å². The molecule has 1 rings (SSSR count).